The molecule has 0 spiro atoms. The van der Waals surface area contributed by atoms with Gasteiger partial charge in [0.1, 0.15) is 5.65 Å². The van der Waals surface area contributed by atoms with E-state index in [1.807, 2.05) is 31.2 Å². The van der Waals surface area contributed by atoms with E-state index < -0.39 is 0 Å². The van der Waals surface area contributed by atoms with E-state index in [0.29, 0.717) is 0 Å². The molecule has 3 rings (SSSR count). The van der Waals surface area contributed by atoms with E-state index in [-0.39, 0.29) is 0 Å². The minimum Gasteiger partial charge on any atom is -0.493 e. The number of aryl methyl sites for hydroxylation is 2. The first-order valence-electron chi connectivity index (χ1n) is 6.81. The zero-order valence-electron chi connectivity index (χ0n) is 12.7. The Morgan fingerprint density at radius 3 is 2.43 bits per heavy atom. The molecule has 21 heavy (non-hydrogen) atoms. The van der Waals surface area contributed by atoms with Crippen molar-refractivity contribution in [1.82, 2.24) is 9.38 Å². The fourth-order valence-electron chi connectivity index (χ4n) is 2.60. The molecule has 0 N–H and O–H groups in total. The number of methoxy groups -OCH3 is 2. The van der Waals surface area contributed by atoms with Crippen molar-refractivity contribution in [2.45, 2.75) is 13.8 Å². The molecular weight excluding hydrogens is 264 g/mol. The van der Waals surface area contributed by atoms with Crippen LogP contribution in [0.4, 0.5) is 0 Å². The van der Waals surface area contributed by atoms with Crippen LogP contribution in [-0.2, 0) is 0 Å². The van der Waals surface area contributed by atoms with Gasteiger partial charge in [0, 0.05) is 11.8 Å². The van der Waals surface area contributed by atoms with Crippen molar-refractivity contribution in [2.75, 3.05) is 14.2 Å². The first-order valence-corrected chi connectivity index (χ1v) is 6.81. The molecule has 0 amide bonds. The standard InChI is InChI=1S/C17H18N2O2/c1-11-5-8-16-18-12(2)17(19(16)10-11)13-6-7-14(20-3)15(9-13)21-4/h5-10H,1-4H3. The van der Waals surface area contributed by atoms with Crippen LogP contribution in [0.15, 0.2) is 36.5 Å². The molecule has 0 radical (unpaired) electrons. The van der Waals surface area contributed by atoms with Crippen molar-refractivity contribution in [1.29, 1.82) is 0 Å². The van der Waals surface area contributed by atoms with Gasteiger partial charge in [0.15, 0.2) is 11.5 Å². The maximum atomic E-state index is 5.40. The highest BCUT2D eigenvalue weighted by Crippen LogP contribution is 2.33. The SMILES string of the molecule is COc1ccc(-c2c(C)nc3ccc(C)cn23)cc1OC. The molecule has 3 aromatic rings. The van der Waals surface area contributed by atoms with E-state index in [0.717, 1.165) is 34.1 Å². The average Bonchev–Trinajstić information content (AvgIpc) is 2.81. The fraction of sp³-hybridized carbons (Fsp3) is 0.235. The van der Waals surface area contributed by atoms with Crippen molar-refractivity contribution in [3.05, 3.63) is 47.8 Å². The molecule has 2 aromatic heterocycles. The predicted molar refractivity (Wildman–Crippen MR) is 83.2 cm³/mol. The predicted octanol–water partition coefficient (Wildman–Crippen LogP) is 3.64. The third-order valence-electron chi connectivity index (χ3n) is 3.60. The lowest BCUT2D eigenvalue weighted by molar-refractivity contribution is 0.355. The molecule has 108 valence electrons. The summed E-state index contributed by atoms with van der Waals surface area (Å²) >= 11 is 0. The molecule has 0 fully saturated rings. The highest BCUT2D eigenvalue weighted by molar-refractivity contribution is 5.70. The van der Waals surface area contributed by atoms with Gasteiger partial charge in [-0.25, -0.2) is 4.98 Å². The van der Waals surface area contributed by atoms with Crippen molar-refractivity contribution in [2.24, 2.45) is 0 Å². The average molecular weight is 282 g/mol. The van der Waals surface area contributed by atoms with Gasteiger partial charge in [0.05, 0.1) is 25.6 Å². The number of pyridine rings is 1. The molecule has 0 aliphatic rings. The molecular formula is C17H18N2O2. The first kappa shape index (κ1) is 13.5. The lowest BCUT2D eigenvalue weighted by Gasteiger charge is -2.10. The van der Waals surface area contributed by atoms with E-state index >= 15 is 0 Å². The summed E-state index contributed by atoms with van der Waals surface area (Å²) in [5, 5.41) is 0. The van der Waals surface area contributed by atoms with Crippen molar-refractivity contribution in [3.63, 3.8) is 0 Å². The third-order valence-corrected chi connectivity index (χ3v) is 3.60. The first-order chi connectivity index (χ1) is 10.1. The summed E-state index contributed by atoms with van der Waals surface area (Å²) in [5.41, 5.74) is 5.27. The normalized spacial score (nSPS) is 10.9. The Morgan fingerprint density at radius 1 is 0.952 bits per heavy atom. The number of hydrogen-bond donors (Lipinski definition) is 0. The summed E-state index contributed by atoms with van der Waals surface area (Å²) in [4.78, 5) is 4.62. The number of nitrogens with zero attached hydrogens (tertiary/aromatic N) is 2. The highest BCUT2D eigenvalue weighted by atomic mass is 16.5. The van der Waals surface area contributed by atoms with E-state index in [9.17, 15) is 0 Å². The molecule has 4 nitrogen and oxygen atoms in total. The smallest absolute Gasteiger partial charge is 0.161 e. The Balaban J connectivity index is 2.24. The Labute approximate surface area is 124 Å². The lowest BCUT2D eigenvalue weighted by Crippen LogP contribution is -1.94. The van der Waals surface area contributed by atoms with Crippen LogP contribution in [0.3, 0.4) is 0 Å². The maximum absolute atomic E-state index is 5.40. The molecule has 0 aliphatic carbocycles. The minimum absolute atomic E-state index is 0.719. The minimum atomic E-state index is 0.719. The third kappa shape index (κ3) is 2.23. The summed E-state index contributed by atoms with van der Waals surface area (Å²) in [7, 11) is 3.29. The van der Waals surface area contributed by atoms with Crippen molar-refractivity contribution < 1.29 is 9.47 Å². The molecule has 0 saturated heterocycles. The van der Waals surface area contributed by atoms with Gasteiger partial charge < -0.3 is 9.47 Å². The van der Waals surface area contributed by atoms with Crippen LogP contribution < -0.4 is 9.47 Å². The van der Waals surface area contributed by atoms with Gasteiger partial charge in [-0.15, -0.1) is 0 Å². The summed E-state index contributed by atoms with van der Waals surface area (Å²) in [6.45, 7) is 4.10. The lowest BCUT2D eigenvalue weighted by atomic mass is 10.1. The summed E-state index contributed by atoms with van der Waals surface area (Å²) in [6, 6.07) is 10.0. The second-order valence-electron chi connectivity index (χ2n) is 5.05. The van der Waals surface area contributed by atoms with Crippen LogP contribution in [0.2, 0.25) is 0 Å². The van der Waals surface area contributed by atoms with Gasteiger partial charge >= 0.3 is 0 Å². The largest absolute Gasteiger partial charge is 0.493 e. The molecule has 0 saturated carbocycles. The fourth-order valence-corrected chi connectivity index (χ4v) is 2.60. The Morgan fingerprint density at radius 2 is 1.71 bits per heavy atom. The van der Waals surface area contributed by atoms with Gasteiger partial charge in [-0.3, -0.25) is 4.40 Å². The van der Waals surface area contributed by atoms with E-state index in [2.05, 4.69) is 28.6 Å². The van der Waals surface area contributed by atoms with Crippen LogP contribution >= 0.6 is 0 Å². The Kier molecular flexibility index (Phi) is 3.29. The zero-order chi connectivity index (χ0) is 15.0. The van der Waals surface area contributed by atoms with Crippen LogP contribution in [0.1, 0.15) is 11.3 Å². The second-order valence-corrected chi connectivity index (χ2v) is 5.05. The Bertz CT molecular complexity index is 806. The molecule has 0 atom stereocenters. The van der Waals surface area contributed by atoms with Crippen LogP contribution in [-0.4, -0.2) is 23.6 Å². The maximum Gasteiger partial charge on any atom is 0.161 e. The topological polar surface area (TPSA) is 35.8 Å². The van der Waals surface area contributed by atoms with Gasteiger partial charge in [0.25, 0.3) is 0 Å². The molecule has 0 bridgehead atoms. The number of rotatable bonds is 3. The zero-order valence-corrected chi connectivity index (χ0v) is 12.7. The van der Waals surface area contributed by atoms with Gasteiger partial charge in [-0.05, 0) is 43.7 Å². The van der Waals surface area contributed by atoms with E-state index in [1.54, 1.807) is 14.2 Å². The van der Waals surface area contributed by atoms with Gasteiger partial charge in [-0.1, -0.05) is 6.07 Å². The number of aromatic nitrogens is 2. The molecule has 4 heteroatoms. The quantitative estimate of drug-likeness (QED) is 0.736. The number of ether oxygens (including phenoxy) is 2. The Hall–Kier alpha value is -2.49. The number of hydrogen-bond acceptors (Lipinski definition) is 3. The van der Waals surface area contributed by atoms with Crippen molar-refractivity contribution in [3.8, 4) is 22.8 Å². The van der Waals surface area contributed by atoms with Gasteiger partial charge in [-0.2, -0.15) is 0 Å². The summed E-state index contributed by atoms with van der Waals surface area (Å²) in [6.07, 6.45) is 2.10. The molecule has 2 heterocycles. The van der Waals surface area contributed by atoms with Crippen LogP contribution in [0.25, 0.3) is 16.9 Å². The number of imidazole rings is 1. The number of fused-ring (bicyclic) bond motifs is 1. The van der Waals surface area contributed by atoms with E-state index in [1.165, 1.54) is 5.56 Å². The van der Waals surface area contributed by atoms with Crippen LogP contribution in [0, 0.1) is 13.8 Å². The van der Waals surface area contributed by atoms with E-state index in [4.69, 9.17) is 9.47 Å². The number of benzene rings is 1. The monoisotopic (exact) mass is 282 g/mol. The summed E-state index contributed by atoms with van der Waals surface area (Å²) < 4.78 is 12.8. The van der Waals surface area contributed by atoms with Crippen molar-refractivity contribution >= 4 is 5.65 Å². The van der Waals surface area contributed by atoms with Crippen LogP contribution in [0.5, 0.6) is 11.5 Å². The summed E-state index contributed by atoms with van der Waals surface area (Å²) in [5.74, 6) is 1.45. The molecule has 0 unspecified atom stereocenters. The second kappa shape index (κ2) is 5.13. The highest BCUT2D eigenvalue weighted by Gasteiger charge is 2.13. The molecule has 1 aromatic carbocycles. The van der Waals surface area contributed by atoms with Gasteiger partial charge in [0.2, 0.25) is 0 Å². The molecule has 0 aliphatic heterocycles.